The highest BCUT2D eigenvalue weighted by Crippen LogP contribution is 2.10. The summed E-state index contributed by atoms with van der Waals surface area (Å²) in [5.41, 5.74) is 4.67. The van der Waals surface area contributed by atoms with E-state index in [2.05, 4.69) is 9.92 Å². The molecular formula is C6H13NO9S. The number of aliphatic hydroxyl groups excluding tert-OH is 4. The largest absolute Gasteiger partial charge is 0.398 e. The Balaban J connectivity index is 4.89. The quantitative estimate of drug-likeness (QED) is 0.250. The minimum atomic E-state index is -5.10. The van der Waals surface area contributed by atoms with Gasteiger partial charge in [0.1, 0.15) is 18.3 Å². The molecule has 11 heteroatoms. The third-order valence-electron chi connectivity index (χ3n) is 1.75. The SMILES string of the molecule is NC(=O)[C@H](OS(=O)(=O)O)[C@@H](O)[C@H](O)[C@H](O)CO. The molecule has 0 saturated heterocycles. The van der Waals surface area contributed by atoms with Gasteiger partial charge >= 0.3 is 10.4 Å². The van der Waals surface area contributed by atoms with Gasteiger partial charge in [-0.05, 0) is 0 Å². The van der Waals surface area contributed by atoms with Crippen LogP contribution in [-0.2, 0) is 19.4 Å². The van der Waals surface area contributed by atoms with Crippen LogP contribution in [0.1, 0.15) is 0 Å². The molecule has 0 aromatic heterocycles. The van der Waals surface area contributed by atoms with E-state index in [1.54, 1.807) is 0 Å². The molecule has 102 valence electrons. The van der Waals surface area contributed by atoms with Gasteiger partial charge in [0.2, 0.25) is 0 Å². The predicted molar refractivity (Wildman–Crippen MR) is 50.7 cm³/mol. The van der Waals surface area contributed by atoms with Crippen molar-refractivity contribution in [3.05, 3.63) is 0 Å². The van der Waals surface area contributed by atoms with Crippen molar-refractivity contribution in [2.75, 3.05) is 6.61 Å². The number of aliphatic hydroxyl groups is 4. The second-order valence-corrected chi connectivity index (χ2v) is 4.13. The molecule has 0 radical (unpaired) electrons. The normalized spacial score (nSPS) is 19.4. The molecule has 0 unspecified atom stereocenters. The Bertz CT molecular complexity index is 354. The number of rotatable bonds is 7. The second-order valence-electron chi connectivity index (χ2n) is 3.08. The van der Waals surface area contributed by atoms with Crippen molar-refractivity contribution in [2.24, 2.45) is 5.73 Å². The average molecular weight is 275 g/mol. The van der Waals surface area contributed by atoms with Gasteiger partial charge in [-0.1, -0.05) is 0 Å². The fourth-order valence-corrected chi connectivity index (χ4v) is 1.39. The molecule has 7 N–H and O–H groups in total. The lowest BCUT2D eigenvalue weighted by atomic mass is 10.0. The summed E-state index contributed by atoms with van der Waals surface area (Å²) in [6.07, 6.45) is -8.51. The highest BCUT2D eigenvalue weighted by molar-refractivity contribution is 7.80. The molecule has 0 aliphatic heterocycles. The van der Waals surface area contributed by atoms with E-state index >= 15 is 0 Å². The Morgan fingerprint density at radius 2 is 1.71 bits per heavy atom. The van der Waals surface area contributed by atoms with Crippen LogP contribution in [0.4, 0.5) is 0 Å². The van der Waals surface area contributed by atoms with Crippen LogP contribution in [0.25, 0.3) is 0 Å². The van der Waals surface area contributed by atoms with Crippen LogP contribution in [0.5, 0.6) is 0 Å². The number of primary amides is 1. The first kappa shape index (κ1) is 16.2. The minimum Gasteiger partial charge on any atom is -0.394 e. The van der Waals surface area contributed by atoms with Crippen molar-refractivity contribution in [3.63, 3.8) is 0 Å². The molecule has 0 aromatic rings. The molecule has 0 bridgehead atoms. The third-order valence-corrected chi connectivity index (χ3v) is 2.20. The molecule has 0 aromatic carbocycles. The molecule has 0 rings (SSSR count). The van der Waals surface area contributed by atoms with Gasteiger partial charge in [0.05, 0.1) is 6.61 Å². The van der Waals surface area contributed by atoms with Gasteiger partial charge in [0, 0.05) is 0 Å². The monoisotopic (exact) mass is 275 g/mol. The molecule has 10 nitrogen and oxygen atoms in total. The number of hydrogen-bond donors (Lipinski definition) is 6. The summed E-state index contributed by atoms with van der Waals surface area (Å²) >= 11 is 0. The van der Waals surface area contributed by atoms with E-state index in [-0.39, 0.29) is 0 Å². The summed E-state index contributed by atoms with van der Waals surface area (Å²) in [7, 11) is -5.10. The van der Waals surface area contributed by atoms with Gasteiger partial charge < -0.3 is 26.2 Å². The van der Waals surface area contributed by atoms with Crippen LogP contribution in [0.3, 0.4) is 0 Å². The second kappa shape index (κ2) is 6.20. The molecule has 0 saturated carbocycles. The highest BCUT2D eigenvalue weighted by Gasteiger charge is 2.38. The van der Waals surface area contributed by atoms with Gasteiger partial charge in [0.15, 0.2) is 6.10 Å². The minimum absolute atomic E-state index is 0.963. The van der Waals surface area contributed by atoms with E-state index in [1.165, 1.54) is 0 Å². The van der Waals surface area contributed by atoms with Crippen molar-refractivity contribution in [1.29, 1.82) is 0 Å². The molecule has 17 heavy (non-hydrogen) atoms. The molecule has 0 fully saturated rings. The summed E-state index contributed by atoms with van der Waals surface area (Å²) in [6, 6.07) is 0. The topological polar surface area (TPSA) is 188 Å². The number of carbonyl (C=O) groups excluding carboxylic acids is 1. The van der Waals surface area contributed by atoms with E-state index in [9.17, 15) is 23.4 Å². The number of nitrogens with two attached hydrogens (primary N) is 1. The Hall–Kier alpha value is -0.820. The van der Waals surface area contributed by atoms with E-state index in [4.69, 9.17) is 14.8 Å². The van der Waals surface area contributed by atoms with Crippen LogP contribution in [0, 0.1) is 0 Å². The lowest BCUT2D eigenvalue weighted by Gasteiger charge is -2.25. The molecule has 4 atom stereocenters. The van der Waals surface area contributed by atoms with Crippen LogP contribution in [0.2, 0.25) is 0 Å². The Morgan fingerprint density at radius 3 is 2.00 bits per heavy atom. The van der Waals surface area contributed by atoms with Crippen molar-refractivity contribution in [3.8, 4) is 0 Å². The molecule has 0 aliphatic rings. The molecule has 1 amide bonds. The fraction of sp³-hybridized carbons (Fsp3) is 0.833. The Labute approximate surface area is 96.2 Å². The molecular weight excluding hydrogens is 262 g/mol. The van der Waals surface area contributed by atoms with Crippen LogP contribution in [-0.4, -0.2) is 70.3 Å². The van der Waals surface area contributed by atoms with E-state index in [1.807, 2.05) is 0 Å². The number of hydrogen-bond acceptors (Lipinski definition) is 8. The summed E-state index contributed by atoms with van der Waals surface area (Å²) in [5, 5.41) is 35.9. The Morgan fingerprint density at radius 1 is 1.24 bits per heavy atom. The van der Waals surface area contributed by atoms with E-state index in [0.29, 0.717) is 0 Å². The smallest absolute Gasteiger partial charge is 0.394 e. The third kappa shape index (κ3) is 5.36. The Kier molecular flexibility index (Phi) is 5.91. The van der Waals surface area contributed by atoms with Gasteiger partial charge in [-0.2, -0.15) is 8.42 Å². The van der Waals surface area contributed by atoms with Crippen LogP contribution < -0.4 is 5.73 Å². The van der Waals surface area contributed by atoms with Gasteiger partial charge in [-0.15, -0.1) is 0 Å². The number of carbonyl (C=O) groups is 1. The summed E-state index contributed by atoms with van der Waals surface area (Å²) in [4.78, 5) is 10.7. The maximum absolute atomic E-state index is 10.7. The summed E-state index contributed by atoms with van der Waals surface area (Å²) < 4.78 is 32.7. The summed E-state index contributed by atoms with van der Waals surface area (Å²) in [5.74, 6) is -1.50. The molecule has 0 spiro atoms. The molecule has 0 aliphatic carbocycles. The predicted octanol–water partition coefficient (Wildman–Crippen LogP) is -4.27. The fourth-order valence-electron chi connectivity index (χ4n) is 0.918. The maximum Gasteiger partial charge on any atom is 0.398 e. The molecule has 0 heterocycles. The van der Waals surface area contributed by atoms with Gasteiger partial charge in [-0.25, -0.2) is 4.18 Å². The number of amides is 1. The first-order chi connectivity index (χ1) is 7.60. The van der Waals surface area contributed by atoms with E-state index in [0.717, 1.165) is 0 Å². The van der Waals surface area contributed by atoms with Crippen molar-refractivity contribution >= 4 is 16.3 Å². The van der Waals surface area contributed by atoms with Crippen molar-refractivity contribution in [2.45, 2.75) is 24.4 Å². The lowest BCUT2D eigenvalue weighted by Crippen LogP contribution is -2.52. The zero-order valence-electron chi connectivity index (χ0n) is 8.37. The first-order valence-electron chi connectivity index (χ1n) is 4.20. The maximum atomic E-state index is 10.7. The summed E-state index contributed by atoms with van der Waals surface area (Å²) in [6.45, 7) is -0.963. The van der Waals surface area contributed by atoms with Crippen LogP contribution >= 0.6 is 0 Å². The van der Waals surface area contributed by atoms with Gasteiger partial charge in [-0.3, -0.25) is 9.35 Å². The van der Waals surface area contributed by atoms with Crippen LogP contribution in [0.15, 0.2) is 0 Å². The van der Waals surface area contributed by atoms with Crippen molar-refractivity contribution < 1.29 is 42.4 Å². The zero-order chi connectivity index (χ0) is 13.8. The van der Waals surface area contributed by atoms with Gasteiger partial charge in [0.25, 0.3) is 5.91 Å². The van der Waals surface area contributed by atoms with E-state index < -0.39 is 47.3 Å². The first-order valence-corrected chi connectivity index (χ1v) is 5.56. The lowest BCUT2D eigenvalue weighted by molar-refractivity contribution is -0.142. The highest BCUT2D eigenvalue weighted by atomic mass is 32.3. The zero-order valence-corrected chi connectivity index (χ0v) is 9.19. The van der Waals surface area contributed by atoms with Crippen molar-refractivity contribution in [1.82, 2.24) is 0 Å². The standard InChI is InChI=1S/C6H13NO9S/c7-6(12)5(16-17(13,14)15)4(11)3(10)2(9)1-8/h2-5,8-11H,1H2,(H2,7,12)(H,13,14,15)/t2-,3-,4+,5-/m1/s1. The average Bonchev–Trinajstić information content (AvgIpc) is 2.21.